The van der Waals surface area contributed by atoms with E-state index in [1.165, 1.54) is 6.39 Å². The van der Waals surface area contributed by atoms with Crippen LogP contribution < -0.4 is 5.32 Å². The highest BCUT2D eigenvalue weighted by Crippen LogP contribution is 2.27. The fourth-order valence-electron chi connectivity index (χ4n) is 1.89. The van der Waals surface area contributed by atoms with Crippen LogP contribution in [0.3, 0.4) is 0 Å². The molecule has 1 aromatic carbocycles. The molecule has 0 bridgehead atoms. The van der Waals surface area contributed by atoms with Gasteiger partial charge in [-0.1, -0.05) is 0 Å². The van der Waals surface area contributed by atoms with Gasteiger partial charge < -0.3 is 19.6 Å². The van der Waals surface area contributed by atoms with Gasteiger partial charge in [-0.25, -0.2) is 4.98 Å². The van der Waals surface area contributed by atoms with Gasteiger partial charge in [-0.3, -0.25) is 0 Å². The highest BCUT2D eigenvalue weighted by molar-refractivity contribution is 5.76. The van der Waals surface area contributed by atoms with Gasteiger partial charge in [0, 0.05) is 18.3 Å². The predicted octanol–water partition coefficient (Wildman–Crippen LogP) is 1.25. The van der Waals surface area contributed by atoms with Crippen LogP contribution in [0.4, 0.5) is 5.69 Å². The number of hydrogen-bond acceptors (Lipinski definition) is 5. The van der Waals surface area contributed by atoms with E-state index in [1.807, 2.05) is 18.2 Å². The number of rotatable bonds is 4. The molecule has 2 N–H and O–H groups in total. The molecule has 17 heavy (non-hydrogen) atoms. The third-order valence-corrected chi connectivity index (χ3v) is 3.15. The largest absolute Gasteiger partial charge is 0.443 e. The molecule has 1 aliphatic heterocycles. The standard InChI is InChI=1S/C12H14N2O3/c15-5-12(6-16-7-12)4-13-9-1-2-10-11(3-9)17-8-14-10/h1-3,8,13,15H,4-7H2. The van der Waals surface area contributed by atoms with Crippen molar-refractivity contribution in [3.05, 3.63) is 24.6 Å². The normalized spacial score (nSPS) is 17.9. The fourth-order valence-corrected chi connectivity index (χ4v) is 1.89. The molecule has 0 unspecified atom stereocenters. The maximum atomic E-state index is 9.30. The summed E-state index contributed by atoms with van der Waals surface area (Å²) in [5.74, 6) is 0. The molecule has 0 aliphatic carbocycles. The van der Waals surface area contributed by atoms with Gasteiger partial charge in [0.05, 0.1) is 25.2 Å². The van der Waals surface area contributed by atoms with E-state index < -0.39 is 0 Å². The lowest BCUT2D eigenvalue weighted by atomic mass is 9.87. The van der Waals surface area contributed by atoms with Crippen molar-refractivity contribution < 1.29 is 14.3 Å². The van der Waals surface area contributed by atoms with E-state index in [-0.39, 0.29) is 12.0 Å². The zero-order valence-electron chi connectivity index (χ0n) is 9.35. The van der Waals surface area contributed by atoms with E-state index in [9.17, 15) is 5.11 Å². The Morgan fingerprint density at radius 2 is 2.29 bits per heavy atom. The first kappa shape index (κ1) is 10.6. The zero-order chi connectivity index (χ0) is 11.7. The molecule has 0 amide bonds. The summed E-state index contributed by atoms with van der Waals surface area (Å²) in [4.78, 5) is 4.06. The maximum Gasteiger partial charge on any atom is 0.181 e. The molecule has 1 fully saturated rings. The molecule has 5 heteroatoms. The number of nitrogens with zero attached hydrogens (tertiary/aromatic N) is 1. The molecule has 0 atom stereocenters. The highest BCUT2D eigenvalue weighted by atomic mass is 16.5. The number of ether oxygens (including phenoxy) is 1. The van der Waals surface area contributed by atoms with Crippen molar-refractivity contribution in [2.45, 2.75) is 0 Å². The molecule has 1 aliphatic rings. The number of fused-ring (bicyclic) bond motifs is 1. The summed E-state index contributed by atoms with van der Waals surface area (Å²) < 4.78 is 10.4. The fraction of sp³-hybridized carbons (Fsp3) is 0.417. The van der Waals surface area contributed by atoms with E-state index >= 15 is 0 Å². The van der Waals surface area contributed by atoms with Gasteiger partial charge in [0.15, 0.2) is 12.0 Å². The van der Waals surface area contributed by atoms with Crippen molar-refractivity contribution in [1.29, 1.82) is 0 Å². The van der Waals surface area contributed by atoms with Gasteiger partial charge in [0.1, 0.15) is 5.52 Å². The van der Waals surface area contributed by atoms with Crippen molar-refractivity contribution in [2.24, 2.45) is 5.41 Å². The lowest BCUT2D eigenvalue weighted by molar-refractivity contribution is -0.128. The van der Waals surface area contributed by atoms with Gasteiger partial charge in [-0.15, -0.1) is 0 Å². The third kappa shape index (κ3) is 1.87. The van der Waals surface area contributed by atoms with Crippen LogP contribution in [0.15, 0.2) is 29.0 Å². The summed E-state index contributed by atoms with van der Waals surface area (Å²) in [6.07, 6.45) is 1.43. The first-order chi connectivity index (χ1) is 8.31. The van der Waals surface area contributed by atoms with Crippen LogP contribution in [-0.2, 0) is 4.74 Å². The number of aliphatic hydroxyl groups is 1. The minimum Gasteiger partial charge on any atom is -0.443 e. The molecule has 3 rings (SSSR count). The van der Waals surface area contributed by atoms with Crippen LogP contribution in [0, 0.1) is 5.41 Å². The highest BCUT2D eigenvalue weighted by Gasteiger charge is 2.37. The molecule has 2 heterocycles. The number of benzene rings is 1. The predicted molar refractivity (Wildman–Crippen MR) is 62.8 cm³/mol. The summed E-state index contributed by atoms with van der Waals surface area (Å²) in [5.41, 5.74) is 2.45. The van der Waals surface area contributed by atoms with Crippen molar-refractivity contribution >= 4 is 16.8 Å². The molecule has 0 saturated carbocycles. The molecule has 0 spiro atoms. The van der Waals surface area contributed by atoms with Crippen molar-refractivity contribution in [3.8, 4) is 0 Å². The number of oxazole rings is 1. The van der Waals surface area contributed by atoms with Crippen LogP contribution in [0.2, 0.25) is 0 Å². The summed E-state index contributed by atoms with van der Waals surface area (Å²) in [6, 6.07) is 5.77. The Balaban J connectivity index is 1.71. The average Bonchev–Trinajstić information content (AvgIpc) is 2.75. The molecular formula is C12H14N2O3. The summed E-state index contributed by atoms with van der Waals surface area (Å²) in [7, 11) is 0. The Morgan fingerprint density at radius 3 is 3.00 bits per heavy atom. The maximum absolute atomic E-state index is 9.30. The Hall–Kier alpha value is -1.59. The second kappa shape index (κ2) is 4.01. The minimum atomic E-state index is -0.129. The van der Waals surface area contributed by atoms with E-state index in [4.69, 9.17) is 9.15 Å². The summed E-state index contributed by atoms with van der Waals surface area (Å²) in [6.45, 7) is 2.07. The minimum absolute atomic E-state index is 0.129. The Labute approximate surface area is 98.4 Å². The average molecular weight is 234 g/mol. The second-order valence-corrected chi connectivity index (χ2v) is 4.54. The quantitative estimate of drug-likeness (QED) is 0.833. The van der Waals surface area contributed by atoms with Crippen molar-refractivity contribution in [3.63, 3.8) is 0 Å². The lowest BCUT2D eigenvalue weighted by Crippen LogP contribution is -2.50. The molecule has 5 nitrogen and oxygen atoms in total. The zero-order valence-corrected chi connectivity index (χ0v) is 9.35. The lowest BCUT2D eigenvalue weighted by Gasteiger charge is -2.40. The van der Waals surface area contributed by atoms with E-state index in [1.54, 1.807) is 0 Å². The number of nitrogens with one attached hydrogen (secondary N) is 1. The smallest absolute Gasteiger partial charge is 0.181 e. The molecule has 1 aromatic heterocycles. The summed E-state index contributed by atoms with van der Waals surface area (Å²) >= 11 is 0. The molecule has 1 saturated heterocycles. The van der Waals surface area contributed by atoms with Crippen LogP contribution >= 0.6 is 0 Å². The van der Waals surface area contributed by atoms with Gasteiger partial charge in [-0.2, -0.15) is 0 Å². The SMILES string of the molecule is OCC1(CNc2ccc3ncoc3c2)COC1. The molecule has 2 aromatic rings. The van der Waals surface area contributed by atoms with E-state index in [2.05, 4.69) is 10.3 Å². The van der Waals surface area contributed by atoms with Crippen LogP contribution in [-0.4, -0.2) is 36.5 Å². The van der Waals surface area contributed by atoms with E-state index in [0.29, 0.717) is 19.8 Å². The van der Waals surface area contributed by atoms with Crippen molar-refractivity contribution in [1.82, 2.24) is 4.98 Å². The van der Waals surface area contributed by atoms with Gasteiger partial charge >= 0.3 is 0 Å². The first-order valence-corrected chi connectivity index (χ1v) is 5.57. The van der Waals surface area contributed by atoms with Crippen LogP contribution in [0.25, 0.3) is 11.1 Å². The number of aliphatic hydroxyl groups excluding tert-OH is 1. The summed E-state index contributed by atoms with van der Waals surface area (Å²) in [5, 5.41) is 12.6. The van der Waals surface area contributed by atoms with Crippen molar-refractivity contribution in [2.75, 3.05) is 31.7 Å². The van der Waals surface area contributed by atoms with Crippen LogP contribution in [0.1, 0.15) is 0 Å². The molecular weight excluding hydrogens is 220 g/mol. The van der Waals surface area contributed by atoms with Crippen LogP contribution in [0.5, 0.6) is 0 Å². The third-order valence-electron chi connectivity index (χ3n) is 3.15. The van der Waals surface area contributed by atoms with Gasteiger partial charge in [0.25, 0.3) is 0 Å². The molecule has 90 valence electrons. The topological polar surface area (TPSA) is 67.5 Å². The Bertz CT molecular complexity index is 514. The first-order valence-electron chi connectivity index (χ1n) is 5.57. The Morgan fingerprint density at radius 1 is 1.41 bits per heavy atom. The van der Waals surface area contributed by atoms with E-state index in [0.717, 1.165) is 16.8 Å². The van der Waals surface area contributed by atoms with Gasteiger partial charge in [-0.05, 0) is 12.1 Å². The molecule has 0 radical (unpaired) electrons. The number of hydrogen-bond donors (Lipinski definition) is 2. The Kier molecular flexibility index (Phi) is 2.49. The number of aromatic nitrogens is 1. The second-order valence-electron chi connectivity index (χ2n) is 4.54. The monoisotopic (exact) mass is 234 g/mol. The van der Waals surface area contributed by atoms with Gasteiger partial charge in [0.2, 0.25) is 0 Å². The number of anilines is 1.